The minimum absolute atomic E-state index is 0.0917. The van der Waals surface area contributed by atoms with Crippen LogP contribution in [0, 0.1) is 5.92 Å². The molecule has 0 aliphatic carbocycles. The van der Waals surface area contributed by atoms with E-state index < -0.39 is 0 Å². The minimum Gasteiger partial charge on any atom is -0.469 e. The fraction of sp³-hybridized carbons (Fsp3) is 0.200. The van der Waals surface area contributed by atoms with E-state index in [1.165, 1.54) is 7.11 Å². The topological polar surface area (TPSA) is 72.6 Å². The SMILES string of the molecule is COC(=O)C1CN(c2ccc3nnc(-c4cccc5ccccc45)n3n2)C1. The summed E-state index contributed by atoms with van der Waals surface area (Å²) >= 11 is 0. The maximum absolute atomic E-state index is 11.6. The second-order valence-corrected chi connectivity index (χ2v) is 6.64. The number of esters is 1. The van der Waals surface area contributed by atoms with Crippen LogP contribution in [0.25, 0.3) is 27.8 Å². The number of carbonyl (C=O) groups excluding carboxylic acids is 1. The molecule has 1 fully saturated rings. The van der Waals surface area contributed by atoms with Gasteiger partial charge in [-0.25, -0.2) is 0 Å². The van der Waals surface area contributed by atoms with Crippen LogP contribution in [0.5, 0.6) is 0 Å². The fourth-order valence-electron chi connectivity index (χ4n) is 3.52. The van der Waals surface area contributed by atoms with Crippen molar-refractivity contribution >= 4 is 28.2 Å². The maximum Gasteiger partial charge on any atom is 0.312 e. The summed E-state index contributed by atoms with van der Waals surface area (Å²) in [6.07, 6.45) is 0. The summed E-state index contributed by atoms with van der Waals surface area (Å²) in [4.78, 5) is 13.7. The number of aromatic nitrogens is 4. The highest BCUT2D eigenvalue weighted by Gasteiger charge is 2.34. The van der Waals surface area contributed by atoms with Crippen LogP contribution < -0.4 is 4.90 Å². The predicted molar refractivity (Wildman–Crippen MR) is 101 cm³/mol. The molecule has 0 saturated carbocycles. The van der Waals surface area contributed by atoms with E-state index in [0.717, 1.165) is 22.2 Å². The van der Waals surface area contributed by atoms with Crippen molar-refractivity contribution < 1.29 is 9.53 Å². The second-order valence-electron chi connectivity index (χ2n) is 6.64. The molecule has 2 aromatic heterocycles. The van der Waals surface area contributed by atoms with E-state index >= 15 is 0 Å². The van der Waals surface area contributed by atoms with E-state index in [1.807, 2.05) is 41.3 Å². The van der Waals surface area contributed by atoms with E-state index in [9.17, 15) is 4.79 Å². The van der Waals surface area contributed by atoms with Crippen LogP contribution in [0.1, 0.15) is 0 Å². The van der Waals surface area contributed by atoms with Crippen LogP contribution in [0.4, 0.5) is 5.82 Å². The van der Waals surface area contributed by atoms with Crippen molar-refractivity contribution in [1.29, 1.82) is 0 Å². The Morgan fingerprint density at radius 1 is 1.04 bits per heavy atom. The smallest absolute Gasteiger partial charge is 0.312 e. The van der Waals surface area contributed by atoms with Crippen LogP contribution in [-0.4, -0.2) is 46.0 Å². The van der Waals surface area contributed by atoms with Gasteiger partial charge in [-0.05, 0) is 22.9 Å². The molecule has 1 aliphatic heterocycles. The van der Waals surface area contributed by atoms with Crippen LogP contribution in [-0.2, 0) is 9.53 Å². The summed E-state index contributed by atoms with van der Waals surface area (Å²) in [7, 11) is 1.42. The largest absolute Gasteiger partial charge is 0.469 e. The van der Waals surface area contributed by atoms with Crippen molar-refractivity contribution in [1.82, 2.24) is 19.8 Å². The molecule has 3 heterocycles. The molecule has 0 amide bonds. The minimum atomic E-state index is -0.173. The van der Waals surface area contributed by atoms with E-state index in [4.69, 9.17) is 9.84 Å². The summed E-state index contributed by atoms with van der Waals surface area (Å²) in [5, 5.41) is 15.6. The lowest BCUT2D eigenvalue weighted by Crippen LogP contribution is -2.51. The van der Waals surface area contributed by atoms with Crippen LogP contribution in [0.2, 0.25) is 0 Å². The normalized spacial score (nSPS) is 14.5. The van der Waals surface area contributed by atoms with Crippen molar-refractivity contribution in [3.8, 4) is 11.4 Å². The lowest BCUT2D eigenvalue weighted by atomic mass is 10.0. The Morgan fingerprint density at radius 2 is 1.85 bits per heavy atom. The number of anilines is 1. The Hall–Kier alpha value is -3.48. The van der Waals surface area contributed by atoms with Gasteiger partial charge in [-0.1, -0.05) is 42.5 Å². The second kappa shape index (κ2) is 6.05. The third kappa shape index (κ3) is 2.51. The van der Waals surface area contributed by atoms with Gasteiger partial charge in [0.25, 0.3) is 0 Å². The molecule has 0 spiro atoms. The number of benzene rings is 2. The van der Waals surface area contributed by atoms with E-state index in [0.29, 0.717) is 24.6 Å². The lowest BCUT2D eigenvalue weighted by molar-refractivity contribution is -0.146. The summed E-state index contributed by atoms with van der Waals surface area (Å²) in [6, 6.07) is 18.1. The fourth-order valence-corrected chi connectivity index (χ4v) is 3.52. The number of fused-ring (bicyclic) bond motifs is 2. The summed E-state index contributed by atoms with van der Waals surface area (Å²) in [5.74, 6) is 1.23. The molecular weight excluding hydrogens is 342 g/mol. The molecule has 27 heavy (non-hydrogen) atoms. The first kappa shape index (κ1) is 15.7. The average Bonchev–Trinajstić information content (AvgIpc) is 3.09. The number of methoxy groups -OCH3 is 1. The summed E-state index contributed by atoms with van der Waals surface area (Å²) in [6.45, 7) is 1.22. The summed E-state index contributed by atoms with van der Waals surface area (Å²) < 4.78 is 6.57. The molecule has 134 valence electrons. The Labute approximate surface area is 155 Å². The molecule has 0 radical (unpaired) electrons. The Bertz CT molecular complexity index is 1160. The van der Waals surface area contributed by atoms with Gasteiger partial charge in [0.05, 0.1) is 13.0 Å². The first-order valence-electron chi connectivity index (χ1n) is 8.78. The highest BCUT2D eigenvalue weighted by Crippen LogP contribution is 2.29. The number of carbonyl (C=O) groups is 1. The Morgan fingerprint density at radius 3 is 2.70 bits per heavy atom. The van der Waals surface area contributed by atoms with Gasteiger partial charge in [0.1, 0.15) is 5.82 Å². The predicted octanol–water partition coefficient (Wildman–Crippen LogP) is 2.55. The zero-order chi connectivity index (χ0) is 18.4. The third-order valence-electron chi connectivity index (χ3n) is 5.02. The highest BCUT2D eigenvalue weighted by molar-refractivity contribution is 5.95. The Balaban J connectivity index is 1.56. The van der Waals surface area contributed by atoms with Gasteiger partial charge in [0.15, 0.2) is 11.5 Å². The zero-order valence-electron chi connectivity index (χ0n) is 14.7. The van der Waals surface area contributed by atoms with Gasteiger partial charge in [0, 0.05) is 18.7 Å². The summed E-state index contributed by atoms with van der Waals surface area (Å²) in [5.41, 5.74) is 1.67. The molecule has 0 bridgehead atoms. The van der Waals surface area contributed by atoms with E-state index in [1.54, 1.807) is 4.52 Å². The number of ether oxygens (including phenoxy) is 1. The first-order chi connectivity index (χ1) is 13.2. The highest BCUT2D eigenvalue weighted by atomic mass is 16.5. The maximum atomic E-state index is 11.6. The van der Waals surface area contributed by atoms with Crippen LogP contribution in [0.15, 0.2) is 54.6 Å². The van der Waals surface area contributed by atoms with Gasteiger partial charge in [-0.2, -0.15) is 4.52 Å². The van der Waals surface area contributed by atoms with Crippen molar-refractivity contribution in [2.45, 2.75) is 0 Å². The molecule has 4 aromatic rings. The van der Waals surface area contributed by atoms with Gasteiger partial charge in [-0.3, -0.25) is 4.79 Å². The van der Waals surface area contributed by atoms with Gasteiger partial charge >= 0.3 is 5.97 Å². The number of hydrogen-bond donors (Lipinski definition) is 0. The molecule has 0 unspecified atom stereocenters. The number of nitrogens with zero attached hydrogens (tertiary/aromatic N) is 5. The van der Waals surface area contributed by atoms with Gasteiger partial charge in [-0.15, -0.1) is 15.3 Å². The molecular formula is C20H17N5O2. The number of rotatable bonds is 3. The van der Waals surface area contributed by atoms with Crippen LogP contribution >= 0.6 is 0 Å². The third-order valence-corrected chi connectivity index (χ3v) is 5.02. The quantitative estimate of drug-likeness (QED) is 0.524. The van der Waals surface area contributed by atoms with Crippen molar-refractivity contribution in [3.63, 3.8) is 0 Å². The van der Waals surface area contributed by atoms with Crippen molar-refractivity contribution in [2.24, 2.45) is 5.92 Å². The van der Waals surface area contributed by atoms with Gasteiger partial charge < -0.3 is 9.64 Å². The standard InChI is InChI=1S/C20H17N5O2/c1-27-20(26)14-11-24(12-14)18-10-9-17-21-22-19(25(17)23-18)16-8-4-6-13-5-2-3-7-15(13)16/h2-10,14H,11-12H2,1H3. The van der Waals surface area contributed by atoms with Crippen LogP contribution in [0.3, 0.4) is 0 Å². The molecule has 1 saturated heterocycles. The molecule has 7 heteroatoms. The van der Waals surface area contributed by atoms with Crippen molar-refractivity contribution in [2.75, 3.05) is 25.1 Å². The monoisotopic (exact) mass is 359 g/mol. The first-order valence-corrected chi connectivity index (χ1v) is 8.78. The average molecular weight is 359 g/mol. The molecule has 1 aliphatic rings. The number of hydrogen-bond acceptors (Lipinski definition) is 6. The molecule has 0 atom stereocenters. The molecule has 5 rings (SSSR count). The lowest BCUT2D eigenvalue weighted by Gasteiger charge is -2.38. The molecule has 0 N–H and O–H groups in total. The molecule has 7 nitrogen and oxygen atoms in total. The van der Waals surface area contributed by atoms with Crippen molar-refractivity contribution in [3.05, 3.63) is 54.6 Å². The molecule has 2 aromatic carbocycles. The van der Waals surface area contributed by atoms with Gasteiger partial charge in [0.2, 0.25) is 0 Å². The van der Waals surface area contributed by atoms with E-state index in [2.05, 4.69) is 28.4 Å². The van der Waals surface area contributed by atoms with E-state index in [-0.39, 0.29) is 11.9 Å². The zero-order valence-corrected chi connectivity index (χ0v) is 14.7. The Kier molecular flexibility index (Phi) is 3.53.